The van der Waals surface area contributed by atoms with E-state index in [1.165, 1.54) is 15.6 Å². The molecule has 3 rings (SSSR count). The molecule has 27 heavy (non-hydrogen) atoms. The molecule has 1 N–H and O–H groups in total. The summed E-state index contributed by atoms with van der Waals surface area (Å²) in [6.07, 6.45) is 2.02. The molecule has 1 aromatic heterocycles. The van der Waals surface area contributed by atoms with E-state index in [0.29, 0.717) is 5.69 Å². The molecular weight excluding hydrogens is 358 g/mol. The first-order chi connectivity index (χ1) is 13.1. The van der Waals surface area contributed by atoms with Crippen molar-refractivity contribution in [1.82, 2.24) is 15.1 Å². The van der Waals surface area contributed by atoms with Gasteiger partial charge in [-0.05, 0) is 36.9 Å². The van der Waals surface area contributed by atoms with Crippen molar-refractivity contribution in [2.24, 2.45) is 0 Å². The fourth-order valence-corrected chi connectivity index (χ4v) is 3.13. The first-order valence-electron chi connectivity index (χ1n) is 8.64. The lowest BCUT2D eigenvalue weighted by Gasteiger charge is -2.15. The fraction of sp³-hybridized carbons (Fsp3) is 0.190. The van der Waals surface area contributed by atoms with Crippen molar-refractivity contribution in [1.29, 1.82) is 0 Å². The van der Waals surface area contributed by atoms with Crippen molar-refractivity contribution in [3.8, 4) is 11.3 Å². The molecule has 0 saturated heterocycles. The number of hydrogen-bond acceptors (Lipinski definition) is 4. The van der Waals surface area contributed by atoms with E-state index in [1.54, 1.807) is 17.8 Å². The minimum Gasteiger partial charge on any atom is -0.348 e. The summed E-state index contributed by atoms with van der Waals surface area (Å²) in [6, 6.07) is 20.6. The SMILES string of the molecule is CSc1ccc([C@H](C)NC(=O)Cn2nc(-c3ccccc3)ccc2=O)cc1. The highest BCUT2D eigenvalue weighted by Gasteiger charge is 2.12. The molecule has 0 bridgehead atoms. The molecule has 0 radical (unpaired) electrons. The number of nitrogens with zero attached hydrogens (tertiary/aromatic N) is 2. The first kappa shape index (κ1) is 18.9. The van der Waals surface area contributed by atoms with E-state index in [9.17, 15) is 9.59 Å². The topological polar surface area (TPSA) is 64.0 Å². The molecule has 3 aromatic rings. The van der Waals surface area contributed by atoms with Gasteiger partial charge in [0.2, 0.25) is 5.91 Å². The zero-order chi connectivity index (χ0) is 19.2. The second-order valence-corrected chi connectivity index (χ2v) is 7.02. The minimum absolute atomic E-state index is 0.118. The number of aromatic nitrogens is 2. The van der Waals surface area contributed by atoms with Crippen LogP contribution in [0.4, 0.5) is 0 Å². The standard InChI is InChI=1S/C21H21N3O2S/c1-15(16-8-10-18(27-2)11-9-16)22-20(25)14-24-21(26)13-12-19(23-24)17-6-4-3-5-7-17/h3-13,15H,14H2,1-2H3,(H,22,25)/t15-/m0/s1. The Labute approximate surface area is 162 Å². The Kier molecular flexibility index (Phi) is 6.08. The van der Waals surface area contributed by atoms with Crippen LogP contribution >= 0.6 is 11.8 Å². The van der Waals surface area contributed by atoms with Crippen LogP contribution < -0.4 is 10.9 Å². The monoisotopic (exact) mass is 379 g/mol. The van der Waals surface area contributed by atoms with Gasteiger partial charge in [0.25, 0.3) is 5.56 Å². The molecule has 1 atom stereocenters. The molecule has 2 aromatic carbocycles. The number of carbonyl (C=O) groups is 1. The predicted molar refractivity (Wildman–Crippen MR) is 109 cm³/mol. The molecule has 1 heterocycles. The van der Waals surface area contributed by atoms with Crippen molar-refractivity contribution in [2.45, 2.75) is 24.4 Å². The van der Waals surface area contributed by atoms with Gasteiger partial charge in [-0.2, -0.15) is 5.10 Å². The Morgan fingerprint density at radius 1 is 1.07 bits per heavy atom. The molecule has 6 heteroatoms. The highest BCUT2D eigenvalue weighted by molar-refractivity contribution is 7.98. The summed E-state index contributed by atoms with van der Waals surface area (Å²) in [6.45, 7) is 1.80. The highest BCUT2D eigenvalue weighted by atomic mass is 32.2. The number of thioether (sulfide) groups is 1. The van der Waals surface area contributed by atoms with Gasteiger partial charge < -0.3 is 5.32 Å². The van der Waals surface area contributed by atoms with Crippen LogP contribution in [-0.2, 0) is 11.3 Å². The molecule has 0 aliphatic heterocycles. The summed E-state index contributed by atoms with van der Waals surface area (Å²) in [5, 5.41) is 7.25. The fourth-order valence-electron chi connectivity index (χ4n) is 2.72. The van der Waals surface area contributed by atoms with Crippen LogP contribution in [0, 0.1) is 0 Å². The number of hydrogen-bond donors (Lipinski definition) is 1. The molecule has 0 aliphatic carbocycles. The zero-order valence-corrected chi connectivity index (χ0v) is 16.1. The van der Waals surface area contributed by atoms with Crippen molar-refractivity contribution in [3.05, 3.63) is 82.6 Å². The van der Waals surface area contributed by atoms with Gasteiger partial charge >= 0.3 is 0 Å². The van der Waals surface area contributed by atoms with Crippen LogP contribution in [0.1, 0.15) is 18.5 Å². The average Bonchev–Trinajstić information content (AvgIpc) is 2.70. The van der Waals surface area contributed by atoms with Crippen LogP contribution in [0.3, 0.4) is 0 Å². The Hall–Kier alpha value is -2.86. The molecule has 0 aliphatic rings. The van der Waals surface area contributed by atoms with E-state index in [4.69, 9.17) is 0 Å². The molecule has 0 saturated carbocycles. The van der Waals surface area contributed by atoms with Crippen LogP contribution in [0.5, 0.6) is 0 Å². The van der Waals surface area contributed by atoms with E-state index >= 15 is 0 Å². The third-order valence-corrected chi connectivity index (χ3v) is 4.97. The van der Waals surface area contributed by atoms with Gasteiger partial charge in [-0.25, -0.2) is 4.68 Å². The third kappa shape index (κ3) is 4.86. The Morgan fingerprint density at radius 3 is 2.44 bits per heavy atom. The number of nitrogens with one attached hydrogen (secondary N) is 1. The summed E-state index contributed by atoms with van der Waals surface area (Å²) in [5.41, 5.74) is 2.26. The lowest BCUT2D eigenvalue weighted by Crippen LogP contribution is -2.34. The molecule has 138 valence electrons. The number of amides is 1. The lowest BCUT2D eigenvalue weighted by atomic mass is 10.1. The number of carbonyl (C=O) groups excluding carboxylic acids is 1. The average molecular weight is 379 g/mol. The largest absolute Gasteiger partial charge is 0.348 e. The van der Waals surface area contributed by atoms with Gasteiger partial charge in [-0.3, -0.25) is 9.59 Å². The summed E-state index contributed by atoms with van der Waals surface area (Å²) in [7, 11) is 0. The third-order valence-electron chi connectivity index (χ3n) is 4.22. The van der Waals surface area contributed by atoms with Gasteiger partial charge in [0.1, 0.15) is 6.54 Å². The van der Waals surface area contributed by atoms with Gasteiger partial charge in [0.05, 0.1) is 11.7 Å². The maximum absolute atomic E-state index is 12.4. The Bertz CT molecular complexity index is 969. The van der Waals surface area contributed by atoms with Crippen LogP contribution in [0.2, 0.25) is 0 Å². The summed E-state index contributed by atoms with van der Waals surface area (Å²) in [5.74, 6) is -0.253. The summed E-state index contributed by atoms with van der Waals surface area (Å²) in [4.78, 5) is 25.7. The summed E-state index contributed by atoms with van der Waals surface area (Å²) >= 11 is 1.67. The normalized spacial score (nSPS) is 11.8. The molecule has 0 spiro atoms. The number of rotatable bonds is 6. The Morgan fingerprint density at radius 2 is 1.78 bits per heavy atom. The van der Waals surface area contributed by atoms with E-state index < -0.39 is 0 Å². The van der Waals surface area contributed by atoms with E-state index in [-0.39, 0.29) is 24.1 Å². The predicted octanol–water partition coefficient (Wildman–Crippen LogP) is 3.51. The van der Waals surface area contributed by atoms with Gasteiger partial charge in [-0.15, -0.1) is 11.8 Å². The lowest BCUT2D eigenvalue weighted by molar-refractivity contribution is -0.122. The van der Waals surface area contributed by atoms with Crippen molar-refractivity contribution >= 4 is 17.7 Å². The Balaban J connectivity index is 1.70. The minimum atomic E-state index is -0.304. The molecule has 0 fully saturated rings. The van der Waals surface area contributed by atoms with Crippen LogP contribution in [-0.4, -0.2) is 21.9 Å². The molecule has 5 nitrogen and oxygen atoms in total. The maximum atomic E-state index is 12.4. The maximum Gasteiger partial charge on any atom is 0.267 e. The zero-order valence-electron chi connectivity index (χ0n) is 15.3. The highest BCUT2D eigenvalue weighted by Crippen LogP contribution is 2.19. The second-order valence-electron chi connectivity index (χ2n) is 6.14. The van der Waals surface area contributed by atoms with Gasteiger partial charge in [0.15, 0.2) is 0 Å². The van der Waals surface area contributed by atoms with Crippen LogP contribution in [0.25, 0.3) is 11.3 Å². The van der Waals surface area contributed by atoms with Gasteiger partial charge in [0, 0.05) is 16.5 Å². The van der Waals surface area contributed by atoms with Gasteiger partial charge in [-0.1, -0.05) is 42.5 Å². The van der Waals surface area contributed by atoms with Crippen LogP contribution in [0.15, 0.2) is 76.4 Å². The smallest absolute Gasteiger partial charge is 0.267 e. The summed E-state index contributed by atoms with van der Waals surface area (Å²) < 4.78 is 1.20. The van der Waals surface area contributed by atoms with Crippen molar-refractivity contribution in [3.63, 3.8) is 0 Å². The first-order valence-corrected chi connectivity index (χ1v) is 9.86. The molecule has 1 amide bonds. The molecule has 0 unspecified atom stereocenters. The van der Waals surface area contributed by atoms with E-state index in [2.05, 4.69) is 10.4 Å². The quantitative estimate of drug-likeness (QED) is 0.666. The second kappa shape index (κ2) is 8.68. The van der Waals surface area contributed by atoms with E-state index in [0.717, 1.165) is 11.1 Å². The molecular formula is C21H21N3O2S. The van der Waals surface area contributed by atoms with E-state index in [1.807, 2.05) is 67.8 Å². The van der Waals surface area contributed by atoms with Crippen molar-refractivity contribution < 1.29 is 4.79 Å². The van der Waals surface area contributed by atoms with Crippen molar-refractivity contribution in [2.75, 3.05) is 6.26 Å². The number of benzene rings is 2.